The van der Waals surface area contributed by atoms with Crippen molar-refractivity contribution in [1.29, 1.82) is 0 Å². The van der Waals surface area contributed by atoms with E-state index in [1.54, 1.807) is 23.1 Å². The van der Waals surface area contributed by atoms with Gasteiger partial charge in [-0.3, -0.25) is 4.79 Å². The van der Waals surface area contributed by atoms with Crippen molar-refractivity contribution in [2.45, 2.75) is 33.4 Å². The Hall–Kier alpha value is -4.34. The van der Waals surface area contributed by atoms with Crippen molar-refractivity contribution >= 4 is 17.6 Å². The van der Waals surface area contributed by atoms with E-state index in [-0.39, 0.29) is 25.8 Å². The number of hydrogen-bond donors (Lipinski definition) is 1. The minimum absolute atomic E-state index is 0.106. The van der Waals surface area contributed by atoms with Crippen molar-refractivity contribution in [1.82, 2.24) is 9.80 Å². The minimum atomic E-state index is -0.396. The number of anilines is 1. The SMILES string of the molecule is CCCN(CC(=O)N(Cc1ccc2c(c1)OCO2)Cc1ccc(C)o1)C(=O)Nc1cc(OC)cc(OC)c1. The third-order valence-electron chi connectivity index (χ3n) is 6.02. The summed E-state index contributed by atoms with van der Waals surface area (Å²) in [5.74, 6) is 3.60. The highest BCUT2D eigenvalue weighted by molar-refractivity contribution is 5.92. The number of nitrogens with zero attached hydrogens (tertiary/aromatic N) is 2. The Balaban J connectivity index is 1.51. The van der Waals surface area contributed by atoms with Crippen molar-refractivity contribution < 1.29 is 33.0 Å². The minimum Gasteiger partial charge on any atom is -0.497 e. The summed E-state index contributed by atoms with van der Waals surface area (Å²) < 4.78 is 27.2. The molecule has 3 amide bonds. The lowest BCUT2D eigenvalue weighted by Crippen LogP contribution is -2.44. The van der Waals surface area contributed by atoms with E-state index < -0.39 is 6.03 Å². The number of benzene rings is 2. The summed E-state index contributed by atoms with van der Waals surface area (Å²) >= 11 is 0. The zero-order valence-corrected chi connectivity index (χ0v) is 22.1. The van der Waals surface area contributed by atoms with Gasteiger partial charge in [-0.05, 0) is 43.2 Å². The van der Waals surface area contributed by atoms with Crippen LogP contribution in [0.25, 0.3) is 0 Å². The van der Waals surface area contributed by atoms with Crippen molar-refractivity contribution in [2.24, 2.45) is 0 Å². The molecule has 0 aliphatic carbocycles. The van der Waals surface area contributed by atoms with Crippen LogP contribution in [0.5, 0.6) is 23.0 Å². The first-order valence-electron chi connectivity index (χ1n) is 12.4. The van der Waals surface area contributed by atoms with E-state index in [1.807, 2.05) is 44.2 Å². The van der Waals surface area contributed by atoms with Crippen LogP contribution in [-0.4, -0.2) is 55.8 Å². The van der Waals surface area contributed by atoms with Crippen molar-refractivity contribution in [2.75, 3.05) is 39.4 Å². The molecule has 10 nitrogen and oxygen atoms in total. The molecule has 202 valence electrons. The van der Waals surface area contributed by atoms with Crippen molar-refractivity contribution in [3.63, 3.8) is 0 Å². The number of urea groups is 1. The van der Waals surface area contributed by atoms with Crippen LogP contribution in [0.3, 0.4) is 0 Å². The van der Waals surface area contributed by atoms with Gasteiger partial charge in [0.2, 0.25) is 12.7 Å². The first kappa shape index (κ1) is 26.7. The van der Waals surface area contributed by atoms with Gasteiger partial charge in [0.1, 0.15) is 29.6 Å². The summed E-state index contributed by atoms with van der Waals surface area (Å²) in [6.45, 7) is 4.85. The number of carbonyl (C=O) groups excluding carboxylic acids is 2. The second kappa shape index (κ2) is 12.3. The van der Waals surface area contributed by atoms with Gasteiger partial charge in [-0.2, -0.15) is 0 Å². The molecule has 0 fully saturated rings. The van der Waals surface area contributed by atoms with Gasteiger partial charge in [0.15, 0.2) is 11.5 Å². The second-order valence-corrected chi connectivity index (χ2v) is 8.90. The van der Waals surface area contributed by atoms with Crippen LogP contribution >= 0.6 is 0 Å². The second-order valence-electron chi connectivity index (χ2n) is 8.90. The highest BCUT2D eigenvalue weighted by Gasteiger charge is 2.24. The van der Waals surface area contributed by atoms with Crippen LogP contribution in [0.15, 0.2) is 52.9 Å². The summed E-state index contributed by atoms with van der Waals surface area (Å²) in [6, 6.07) is 14.0. The summed E-state index contributed by atoms with van der Waals surface area (Å²) in [7, 11) is 3.08. The third kappa shape index (κ3) is 6.70. The van der Waals surface area contributed by atoms with Crippen LogP contribution < -0.4 is 24.3 Å². The zero-order valence-electron chi connectivity index (χ0n) is 22.1. The lowest BCUT2D eigenvalue weighted by atomic mass is 10.2. The molecule has 1 aromatic heterocycles. The van der Waals surface area contributed by atoms with Crippen molar-refractivity contribution in [3.05, 3.63) is 65.6 Å². The zero-order chi connectivity index (χ0) is 27.1. The molecule has 1 aliphatic rings. The maximum atomic E-state index is 13.6. The van der Waals surface area contributed by atoms with Crippen LogP contribution in [0, 0.1) is 6.92 Å². The topological polar surface area (TPSA) is 103 Å². The number of methoxy groups -OCH3 is 2. The summed E-state index contributed by atoms with van der Waals surface area (Å²) in [6.07, 6.45) is 0.682. The molecule has 0 saturated heterocycles. The first-order chi connectivity index (χ1) is 18.4. The maximum absolute atomic E-state index is 13.6. The molecule has 2 heterocycles. The molecule has 3 aromatic rings. The predicted molar refractivity (Wildman–Crippen MR) is 141 cm³/mol. The predicted octanol–water partition coefficient (Wildman–Crippen LogP) is 4.81. The van der Waals surface area contributed by atoms with Gasteiger partial charge in [-0.1, -0.05) is 13.0 Å². The number of amides is 3. The largest absolute Gasteiger partial charge is 0.497 e. The summed E-state index contributed by atoms with van der Waals surface area (Å²) in [4.78, 5) is 30.0. The van der Waals surface area contributed by atoms with Crippen LogP contribution in [0.4, 0.5) is 10.5 Å². The number of hydrogen-bond acceptors (Lipinski definition) is 7. The Morgan fingerprint density at radius 3 is 2.32 bits per heavy atom. The first-order valence-corrected chi connectivity index (χ1v) is 12.4. The Labute approximate surface area is 222 Å². The number of furan rings is 1. The average molecular weight is 524 g/mol. The molecule has 0 bridgehead atoms. The molecular formula is C28H33N3O7. The van der Waals surface area contributed by atoms with Crippen molar-refractivity contribution in [3.8, 4) is 23.0 Å². The Kier molecular flexibility index (Phi) is 8.62. The van der Waals surface area contributed by atoms with Gasteiger partial charge in [-0.15, -0.1) is 0 Å². The fraction of sp³-hybridized carbons (Fsp3) is 0.357. The molecule has 10 heteroatoms. The Morgan fingerprint density at radius 1 is 0.921 bits per heavy atom. The molecular weight excluding hydrogens is 490 g/mol. The lowest BCUT2D eigenvalue weighted by Gasteiger charge is -2.27. The van der Waals surface area contributed by atoms with Gasteiger partial charge in [-0.25, -0.2) is 4.79 Å². The van der Waals surface area contributed by atoms with Gasteiger partial charge in [0, 0.05) is 37.0 Å². The smallest absolute Gasteiger partial charge is 0.322 e. The van der Waals surface area contributed by atoms with Crippen LogP contribution in [0.1, 0.15) is 30.4 Å². The van der Waals surface area contributed by atoms with Crippen LogP contribution in [0.2, 0.25) is 0 Å². The summed E-state index contributed by atoms with van der Waals surface area (Å²) in [5, 5.41) is 2.86. The standard InChI is InChI=1S/C28H33N3O7/c1-5-10-30(28(33)29-21-12-23(34-3)14-24(13-21)35-4)17-27(32)31(16-22-8-6-19(2)38-22)15-20-7-9-25-26(11-20)37-18-36-25/h6-9,11-14H,5,10,15-18H2,1-4H3,(H,29,33). The Morgan fingerprint density at radius 2 is 1.66 bits per heavy atom. The number of fused-ring (bicyclic) bond motifs is 1. The maximum Gasteiger partial charge on any atom is 0.322 e. The van der Waals surface area contributed by atoms with E-state index in [0.717, 1.165) is 11.3 Å². The molecule has 0 spiro atoms. The number of ether oxygens (including phenoxy) is 4. The summed E-state index contributed by atoms with van der Waals surface area (Å²) in [5.41, 5.74) is 1.38. The number of aryl methyl sites for hydroxylation is 1. The van der Waals surface area contributed by atoms with Crippen LogP contribution in [-0.2, 0) is 17.9 Å². The average Bonchev–Trinajstić information content (AvgIpc) is 3.55. The van der Waals surface area contributed by atoms with E-state index in [1.165, 1.54) is 19.1 Å². The quantitative estimate of drug-likeness (QED) is 0.385. The lowest BCUT2D eigenvalue weighted by molar-refractivity contribution is -0.133. The van der Waals surface area contributed by atoms with Gasteiger partial charge in [0.25, 0.3) is 0 Å². The fourth-order valence-corrected chi connectivity index (χ4v) is 4.12. The van der Waals surface area contributed by atoms with E-state index in [2.05, 4.69) is 5.32 Å². The van der Waals surface area contributed by atoms with Gasteiger partial charge < -0.3 is 38.5 Å². The van der Waals surface area contributed by atoms with E-state index in [4.69, 9.17) is 23.4 Å². The molecule has 1 aliphatic heterocycles. The normalized spacial score (nSPS) is 11.7. The molecule has 1 N–H and O–H groups in total. The molecule has 0 atom stereocenters. The van der Waals surface area contributed by atoms with Gasteiger partial charge >= 0.3 is 6.03 Å². The molecule has 4 rings (SSSR count). The molecule has 0 unspecified atom stereocenters. The number of carbonyl (C=O) groups is 2. The van der Waals surface area contributed by atoms with Gasteiger partial charge in [0.05, 0.1) is 20.8 Å². The number of rotatable bonds is 11. The Bertz CT molecular complexity index is 1250. The highest BCUT2D eigenvalue weighted by atomic mass is 16.7. The molecule has 38 heavy (non-hydrogen) atoms. The van der Waals surface area contributed by atoms with E-state index in [0.29, 0.717) is 54.0 Å². The third-order valence-corrected chi connectivity index (χ3v) is 6.02. The highest BCUT2D eigenvalue weighted by Crippen LogP contribution is 2.33. The molecule has 0 radical (unpaired) electrons. The molecule has 2 aromatic carbocycles. The van der Waals surface area contributed by atoms with E-state index >= 15 is 0 Å². The van der Waals surface area contributed by atoms with E-state index in [9.17, 15) is 9.59 Å². The monoisotopic (exact) mass is 523 g/mol. The number of nitrogens with one attached hydrogen (secondary N) is 1. The molecule has 0 saturated carbocycles. The fourth-order valence-electron chi connectivity index (χ4n) is 4.12.